The normalized spacial score (nSPS) is 10.7. The summed E-state index contributed by atoms with van der Waals surface area (Å²) in [5.74, 6) is 0.801. The van der Waals surface area contributed by atoms with Crippen molar-refractivity contribution in [3.63, 3.8) is 0 Å². The van der Waals surface area contributed by atoms with Gasteiger partial charge in [-0.3, -0.25) is 0 Å². The first-order valence-corrected chi connectivity index (χ1v) is 11.0. The van der Waals surface area contributed by atoms with Crippen LogP contribution < -0.4 is 15.4 Å². The molecule has 3 rings (SSSR count). The fraction of sp³-hybridized carbons (Fsp3) is 0.259. The van der Waals surface area contributed by atoms with Crippen molar-refractivity contribution in [2.45, 2.75) is 33.7 Å². The molecule has 31 heavy (non-hydrogen) atoms. The third kappa shape index (κ3) is 6.05. The van der Waals surface area contributed by atoms with Crippen LogP contribution in [0.5, 0.6) is 5.75 Å². The predicted octanol–water partition coefficient (Wildman–Crippen LogP) is 7.88. The molecule has 3 nitrogen and oxygen atoms in total. The van der Waals surface area contributed by atoms with E-state index >= 15 is 0 Å². The minimum atomic E-state index is 0.392. The maximum Gasteiger partial charge on any atom is 0.127 e. The molecular weight excluding hydrogens is 404 g/mol. The molecule has 2 N–H and O–H groups in total. The lowest BCUT2D eigenvalue weighted by molar-refractivity contribution is 0.416. The van der Waals surface area contributed by atoms with E-state index in [1.54, 1.807) is 7.11 Å². The number of anilines is 2. The molecule has 162 valence electrons. The molecule has 3 aromatic rings. The van der Waals surface area contributed by atoms with Gasteiger partial charge in [-0.05, 0) is 75.2 Å². The van der Waals surface area contributed by atoms with Crippen molar-refractivity contribution in [3.8, 4) is 28.0 Å². The summed E-state index contributed by atoms with van der Waals surface area (Å²) in [6.45, 7) is 9.26. The molecule has 0 aliphatic carbocycles. The number of benzene rings is 3. The highest BCUT2D eigenvalue weighted by atomic mass is 35.5. The summed E-state index contributed by atoms with van der Waals surface area (Å²) in [6.07, 6.45) is 2.17. The fourth-order valence-electron chi connectivity index (χ4n) is 3.39. The van der Waals surface area contributed by atoms with Crippen LogP contribution in [0.4, 0.5) is 11.4 Å². The van der Waals surface area contributed by atoms with Gasteiger partial charge in [-0.2, -0.15) is 0 Å². The van der Waals surface area contributed by atoms with Crippen LogP contribution in [0.15, 0.2) is 72.3 Å². The highest BCUT2D eigenvalue weighted by molar-refractivity contribution is 6.33. The van der Waals surface area contributed by atoms with Gasteiger partial charge >= 0.3 is 0 Å². The van der Waals surface area contributed by atoms with E-state index in [-0.39, 0.29) is 0 Å². The second kappa shape index (κ2) is 10.4. The van der Waals surface area contributed by atoms with Crippen LogP contribution in [0, 0.1) is 0 Å². The monoisotopic (exact) mass is 434 g/mol. The number of rotatable bonds is 8. The zero-order valence-electron chi connectivity index (χ0n) is 18.9. The van der Waals surface area contributed by atoms with Crippen molar-refractivity contribution in [1.29, 1.82) is 0 Å². The number of allylic oxidation sites excluding steroid dienone is 1. The van der Waals surface area contributed by atoms with Crippen LogP contribution >= 0.6 is 11.6 Å². The van der Waals surface area contributed by atoms with Crippen molar-refractivity contribution in [2.24, 2.45) is 0 Å². The molecular formula is C27H31ClN2O. The second-order valence-corrected chi connectivity index (χ2v) is 8.56. The zero-order chi connectivity index (χ0) is 22.4. The molecule has 0 fully saturated rings. The van der Waals surface area contributed by atoms with Gasteiger partial charge in [0.1, 0.15) is 5.75 Å². The topological polar surface area (TPSA) is 33.3 Å². The highest BCUT2D eigenvalue weighted by Crippen LogP contribution is 2.39. The number of ether oxygens (including phenoxy) is 1. The Bertz CT molecular complexity index is 1030. The van der Waals surface area contributed by atoms with Gasteiger partial charge in [0.2, 0.25) is 0 Å². The highest BCUT2D eigenvalue weighted by Gasteiger charge is 2.13. The summed E-state index contributed by atoms with van der Waals surface area (Å²) < 4.78 is 5.72. The zero-order valence-corrected chi connectivity index (χ0v) is 19.7. The van der Waals surface area contributed by atoms with E-state index in [9.17, 15) is 0 Å². The molecule has 0 heterocycles. The van der Waals surface area contributed by atoms with Crippen LogP contribution in [0.25, 0.3) is 22.3 Å². The Hall–Kier alpha value is -2.91. The van der Waals surface area contributed by atoms with Crippen LogP contribution in [-0.2, 0) is 0 Å². The third-order valence-electron chi connectivity index (χ3n) is 4.95. The number of hydrogen-bond donors (Lipinski definition) is 2. The van der Waals surface area contributed by atoms with Crippen LogP contribution in [0.2, 0.25) is 5.02 Å². The summed E-state index contributed by atoms with van der Waals surface area (Å²) >= 11 is 6.71. The summed E-state index contributed by atoms with van der Waals surface area (Å²) in [4.78, 5) is 0. The lowest BCUT2D eigenvalue weighted by atomic mass is 9.98. The molecule has 0 bridgehead atoms. The van der Waals surface area contributed by atoms with Crippen molar-refractivity contribution in [3.05, 3.63) is 77.3 Å². The van der Waals surface area contributed by atoms with Crippen molar-refractivity contribution in [2.75, 3.05) is 24.3 Å². The summed E-state index contributed by atoms with van der Waals surface area (Å²) in [6, 6.07) is 21.0. The van der Waals surface area contributed by atoms with E-state index in [0.717, 1.165) is 45.9 Å². The molecule has 0 unspecified atom stereocenters. The third-order valence-corrected chi connectivity index (χ3v) is 5.27. The van der Waals surface area contributed by atoms with Crippen molar-refractivity contribution in [1.82, 2.24) is 0 Å². The van der Waals surface area contributed by atoms with Gasteiger partial charge in [-0.1, -0.05) is 47.5 Å². The van der Waals surface area contributed by atoms with Crippen LogP contribution in [0.3, 0.4) is 0 Å². The first kappa shape index (κ1) is 22.8. The Kier molecular flexibility index (Phi) is 7.64. The molecule has 0 saturated carbocycles. The molecule has 0 aliphatic rings. The van der Waals surface area contributed by atoms with E-state index in [4.69, 9.17) is 16.3 Å². The first-order chi connectivity index (χ1) is 14.9. The first-order valence-electron chi connectivity index (χ1n) is 10.6. The lowest BCUT2D eigenvalue weighted by Crippen LogP contribution is -2.09. The molecule has 0 aliphatic heterocycles. The molecule has 3 aromatic carbocycles. The largest absolute Gasteiger partial charge is 0.496 e. The molecule has 0 aromatic heterocycles. The summed E-state index contributed by atoms with van der Waals surface area (Å²) in [5, 5.41) is 7.51. The predicted molar refractivity (Wildman–Crippen MR) is 136 cm³/mol. The van der Waals surface area contributed by atoms with Crippen LogP contribution in [0.1, 0.15) is 27.7 Å². The molecule has 0 spiro atoms. The standard InChI is InChI=1S/C27H31ClN2O/c1-18(2)14-15-29-22-10-6-20(7-11-22)24-17-27(31-5)25(16-26(24)28)21-8-12-23(13-9-21)30-19(3)4/h6-14,16-17,19,29-30H,15H2,1-5H3. The fourth-order valence-corrected chi connectivity index (χ4v) is 3.66. The molecule has 0 atom stereocenters. The molecule has 0 amide bonds. The Morgan fingerprint density at radius 1 is 0.903 bits per heavy atom. The van der Waals surface area contributed by atoms with Gasteiger partial charge in [-0.25, -0.2) is 0 Å². The van der Waals surface area contributed by atoms with E-state index < -0.39 is 0 Å². The number of hydrogen-bond acceptors (Lipinski definition) is 3. The average molecular weight is 435 g/mol. The van der Waals surface area contributed by atoms with Gasteiger partial charge in [0.15, 0.2) is 0 Å². The molecule has 0 radical (unpaired) electrons. The Labute approximate surface area is 191 Å². The van der Waals surface area contributed by atoms with E-state index in [2.05, 4.69) is 92.9 Å². The molecule has 0 saturated heterocycles. The Morgan fingerprint density at radius 3 is 2.03 bits per heavy atom. The van der Waals surface area contributed by atoms with Crippen molar-refractivity contribution < 1.29 is 4.74 Å². The quantitative estimate of drug-likeness (QED) is 0.353. The maximum absolute atomic E-state index is 6.71. The summed E-state index contributed by atoms with van der Waals surface area (Å²) in [5.41, 5.74) is 7.53. The summed E-state index contributed by atoms with van der Waals surface area (Å²) in [7, 11) is 1.70. The van der Waals surface area contributed by atoms with Crippen molar-refractivity contribution >= 4 is 23.0 Å². The lowest BCUT2D eigenvalue weighted by Gasteiger charge is -2.15. The maximum atomic E-state index is 6.71. The van der Waals surface area contributed by atoms with Gasteiger partial charge in [-0.15, -0.1) is 0 Å². The molecule has 4 heteroatoms. The smallest absolute Gasteiger partial charge is 0.127 e. The van der Waals surface area contributed by atoms with Gasteiger partial charge in [0.05, 0.1) is 7.11 Å². The Morgan fingerprint density at radius 2 is 1.48 bits per heavy atom. The number of methoxy groups -OCH3 is 1. The van der Waals surface area contributed by atoms with Gasteiger partial charge in [0.25, 0.3) is 0 Å². The van der Waals surface area contributed by atoms with Crippen LogP contribution in [-0.4, -0.2) is 19.7 Å². The average Bonchev–Trinajstić information content (AvgIpc) is 2.74. The number of nitrogens with one attached hydrogen (secondary N) is 2. The van der Waals surface area contributed by atoms with Gasteiger partial charge in [0, 0.05) is 40.1 Å². The van der Waals surface area contributed by atoms with E-state index in [0.29, 0.717) is 11.1 Å². The second-order valence-electron chi connectivity index (χ2n) is 8.15. The SMILES string of the molecule is COc1cc(-c2ccc(NCC=C(C)C)cc2)c(Cl)cc1-c1ccc(NC(C)C)cc1. The van der Waals surface area contributed by atoms with E-state index in [1.165, 1.54) is 5.57 Å². The number of halogens is 1. The Balaban J connectivity index is 1.86. The minimum absolute atomic E-state index is 0.392. The minimum Gasteiger partial charge on any atom is -0.496 e. The van der Waals surface area contributed by atoms with Gasteiger partial charge < -0.3 is 15.4 Å². The van der Waals surface area contributed by atoms with E-state index in [1.807, 2.05) is 12.1 Å².